The number of hydrogen-bond acceptors (Lipinski definition) is 10. The number of benzene rings is 2. The molecule has 15 heteroatoms. The van der Waals surface area contributed by atoms with Crippen LogP contribution in [0.15, 0.2) is 60.7 Å². The topological polar surface area (TPSA) is 276 Å². The highest BCUT2D eigenvalue weighted by Gasteiger charge is 2.22. The predicted molar refractivity (Wildman–Crippen MR) is 261 cm³/mol. The van der Waals surface area contributed by atoms with Crippen molar-refractivity contribution < 1.29 is 24.0 Å². The molecule has 0 aliphatic rings. The maximum Gasteiger partial charge on any atom is 0.234 e. The maximum absolute atomic E-state index is 11.2. The fraction of sp³-hybridized carbons (Fsp3) is 0.646. The molecule has 2 aromatic carbocycles. The Balaban J connectivity index is -0.000000727. The largest absolute Gasteiger partial charge is 0.369 e. The Bertz CT molecular complexity index is 1480. The highest BCUT2D eigenvalue weighted by molar-refractivity contribution is 5.81. The van der Waals surface area contributed by atoms with E-state index in [1.807, 2.05) is 125 Å². The van der Waals surface area contributed by atoms with Gasteiger partial charge in [0.05, 0.1) is 30.7 Å². The lowest BCUT2D eigenvalue weighted by Gasteiger charge is -2.23. The van der Waals surface area contributed by atoms with Crippen molar-refractivity contribution in [3.63, 3.8) is 0 Å². The van der Waals surface area contributed by atoms with Gasteiger partial charge in [-0.25, -0.2) is 0 Å². The number of primary amides is 5. The van der Waals surface area contributed by atoms with Crippen molar-refractivity contribution in [3.05, 3.63) is 71.8 Å². The van der Waals surface area contributed by atoms with Crippen molar-refractivity contribution in [2.24, 2.45) is 40.5 Å². The van der Waals surface area contributed by atoms with Gasteiger partial charge in [-0.3, -0.25) is 24.0 Å². The lowest BCUT2D eigenvalue weighted by Crippen LogP contribution is -2.48. The third-order valence-electron chi connectivity index (χ3n) is 8.91. The Kier molecular flexibility index (Phi) is 36.9. The molecular formula is C48H90N10O5. The summed E-state index contributed by atoms with van der Waals surface area (Å²) in [6.07, 6.45) is 4.04. The molecule has 0 aliphatic carbocycles. The van der Waals surface area contributed by atoms with Crippen molar-refractivity contribution in [2.45, 2.75) is 183 Å². The lowest BCUT2D eigenvalue weighted by molar-refractivity contribution is -0.122. The molecule has 0 bridgehead atoms. The van der Waals surface area contributed by atoms with E-state index in [2.05, 4.69) is 59.5 Å². The van der Waals surface area contributed by atoms with Crippen LogP contribution in [0.3, 0.4) is 0 Å². The minimum Gasteiger partial charge on any atom is -0.369 e. The van der Waals surface area contributed by atoms with Crippen molar-refractivity contribution in [2.75, 3.05) is 6.54 Å². The molecule has 362 valence electrons. The molecule has 2 rings (SSSR count). The van der Waals surface area contributed by atoms with Gasteiger partial charge in [0.2, 0.25) is 29.5 Å². The average Bonchev–Trinajstić information content (AvgIpc) is 3.17. The normalized spacial score (nSPS) is 13.2. The first-order valence-electron chi connectivity index (χ1n) is 22.5. The molecule has 0 aromatic heterocycles. The molecule has 1 unspecified atom stereocenters. The van der Waals surface area contributed by atoms with Crippen LogP contribution in [-0.2, 0) is 36.8 Å². The standard InChI is InChI=1S/C13H20N2O.C12H18N2O.2C9H20N2O.C5H12N2O/c1-10(2)15-12(13(14)16)9-8-11-6-4-3-5-7-11;1-9(2)14-11(12(13)15)8-10-6-4-3-5-7-10;1-6(2)5-8(9(10)12)11-7(3)4;1-5-7(4)8(9(10)12)11-6(2)3;1-4(2)7-3-5(6)8/h3-7,10,12,15H,8-9H2,1-2H3,(H2,14,16);3-7,9,11,14H,8H2,1-2H3,(H2,13,15);2*6-8,11H,5H2,1-4H3,(H2,10,12);4,7H,3H2,1-2H3,(H2,6,8)/t12-;11-;8-;7?,8-;/m0000./s1. The van der Waals surface area contributed by atoms with Gasteiger partial charge in [0.25, 0.3) is 0 Å². The van der Waals surface area contributed by atoms with Gasteiger partial charge in [-0.15, -0.1) is 0 Å². The van der Waals surface area contributed by atoms with Crippen LogP contribution in [0.4, 0.5) is 0 Å². The van der Waals surface area contributed by atoms with E-state index < -0.39 is 0 Å². The molecule has 0 aliphatic heterocycles. The Morgan fingerprint density at radius 3 is 1.21 bits per heavy atom. The molecule has 15 nitrogen and oxygen atoms in total. The predicted octanol–water partition coefficient (Wildman–Crippen LogP) is 3.79. The highest BCUT2D eigenvalue weighted by Crippen LogP contribution is 2.09. The highest BCUT2D eigenvalue weighted by atomic mass is 16.2. The molecule has 5 atom stereocenters. The smallest absolute Gasteiger partial charge is 0.234 e. The number of carbonyl (C=O) groups excluding carboxylic acids is 5. The van der Waals surface area contributed by atoms with E-state index in [1.54, 1.807) is 0 Å². The van der Waals surface area contributed by atoms with Crippen molar-refractivity contribution in [3.8, 4) is 0 Å². The van der Waals surface area contributed by atoms with E-state index >= 15 is 0 Å². The molecule has 2 aromatic rings. The Morgan fingerprint density at radius 1 is 0.492 bits per heavy atom. The SMILES string of the molecule is CC(C)C[C@H](NC(C)C)C(N)=O.CC(C)NCC(N)=O.CC(C)N[C@@H](CCc1ccccc1)C(N)=O.CC(C)N[C@@H](Cc1ccccc1)C(N)=O.CCC(C)[C@H](NC(C)C)C(N)=O. The number of aryl methyl sites for hydroxylation is 1. The van der Waals surface area contributed by atoms with Crippen LogP contribution < -0.4 is 55.3 Å². The van der Waals surface area contributed by atoms with E-state index in [4.69, 9.17) is 28.7 Å². The van der Waals surface area contributed by atoms with Gasteiger partial charge < -0.3 is 55.3 Å². The summed E-state index contributed by atoms with van der Waals surface area (Å²) in [5, 5.41) is 15.5. The van der Waals surface area contributed by atoms with Crippen molar-refractivity contribution >= 4 is 29.5 Å². The molecule has 0 saturated heterocycles. The first kappa shape index (κ1) is 62.9. The summed E-state index contributed by atoms with van der Waals surface area (Å²) in [7, 11) is 0. The number of nitrogens with one attached hydrogen (secondary N) is 5. The van der Waals surface area contributed by atoms with Gasteiger partial charge >= 0.3 is 0 Å². The number of nitrogens with two attached hydrogens (primary N) is 5. The third kappa shape index (κ3) is 39.0. The van der Waals surface area contributed by atoms with Crippen molar-refractivity contribution in [1.29, 1.82) is 0 Å². The van der Waals surface area contributed by atoms with Crippen LogP contribution in [0, 0.1) is 11.8 Å². The zero-order valence-corrected chi connectivity index (χ0v) is 41.3. The summed E-state index contributed by atoms with van der Waals surface area (Å²) in [5.74, 6) is -0.579. The minimum atomic E-state index is -0.307. The second-order valence-corrected chi connectivity index (χ2v) is 17.8. The Hall–Kier alpha value is -4.41. The summed E-state index contributed by atoms with van der Waals surface area (Å²) in [6.45, 7) is 28.5. The third-order valence-corrected chi connectivity index (χ3v) is 8.91. The second-order valence-electron chi connectivity index (χ2n) is 17.8. The lowest BCUT2D eigenvalue weighted by atomic mass is 9.98. The summed E-state index contributed by atoms with van der Waals surface area (Å²) in [5.41, 5.74) is 28.4. The Labute approximate surface area is 381 Å². The molecule has 0 saturated carbocycles. The van der Waals surface area contributed by atoms with Gasteiger partial charge in [0, 0.05) is 30.2 Å². The number of carbonyl (C=O) groups is 5. The zero-order chi connectivity index (χ0) is 49.2. The number of rotatable bonds is 24. The molecule has 0 spiro atoms. The molecular weight excluding hydrogens is 797 g/mol. The number of hydrogen-bond donors (Lipinski definition) is 10. The van der Waals surface area contributed by atoms with Crippen LogP contribution >= 0.6 is 0 Å². The summed E-state index contributed by atoms with van der Waals surface area (Å²) < 4.78 is 0. The monoisotopic (exact) mass is 887 g/mol. The van der Waals surface area contributed by atoms with Gasteiger partial charge in [-0.2, -0.15) is 0 Å². The average molecular weight is 887 g/mol. The molecule has 5 amide bonds. The van der Waals surface area contributed by atoms with Gasteiger partial charge in [0.1, 0.15) is 0 Å². The van der Waals surface area contributed by atoms with Crippen LogP contribution in [0.5, 0.6) is 0 Å². The minimum absolute atomic E-state index is 0.176. The fourth-order valence-electron chi connectivity index (χ4n) is 5.73. The van der Waals surface area contributed by atoms with Gasteiger partial charge in [-0.1, -0.05) is 164 Å². The summed E-state index contributed by atoms with van der Waals surface area (Å²) in [4.78, 5) is 54.4. The second kappa shape index (κ2) is 37.0. The molecule has 15 N–H and O–H groups in total. The number of amides is 5. The molecule has 63 heavy (non-hydrogen) atoms. The fourth-order valence-corrected chi connectivity index (χ4v) is 5.73. The first-order chi connectivity index (χ1) is 29.2. The van der Waals surface area contributed by atoms with Crippen LogP contribution in [0.1, 0.15) is 127 Å². The zero-order valence-electron chi connectivity index (χ0n) is 41.3. The van der Waals surface area contributed by atoms with E-state index in [1.165, 1.54) is 5.56 Å². The Morgan fingerprint density at radius 2 is 0.889 bits per heavy atom. The van der Waals surface area contributed by atoms with Gasteiger partial charge in [-0.05, 0) is 48.6 Å². The maximum atomic E-state index is 11.2. The van der Waals surface area contributed by atoms with Crippen molar-refractivity contribution in [1.82, 2.24) is 26.6 Å². The first-order valence-corrected chi connectivity index (χ1v) is 22.5. The van der Waals surface area contributed by atoms with E-state index in [-0.39, 0.29) is 72.3 Å². The van der Waals surface area contributed by atoms with Crippen LogP contribution in [0.25, 0.3) is 0 Å². The summed E-state index contributed by atoms with van der Waals surface area (Å²) >= 11 is 0. The molecule has 0 heterocycles. The molecule has 0 radical (unpaired) electrons. The quantitative estimate of drug-likeness (QED) is 0.0729. The van der Waals surface area contributed by atoms with Gasteiger partial charge in [0.15, 0.2) is 0 Å². The van der Waals surface area contributed by atoms with Crippen LogP contribution in [-0.4, -0.2) is 90.5 Å². The molecule has 0 fully saturated rings. The van der Waals surface area contributed by atoms with E-state index in [0.717, 1.165) is 31.2 Å². The van der Waals surface area contributed by atoms with E-state index in [0.29, 0.717) is 36.4 Å². The summed E-state index contributed by atoms with van der Waals surface area (Å²) in [6, 6.07) is 20.6. The van der Waals surface area contributed by atoms with Crippen LogP contribution in [0.2, 0.25) is 0 Å². The van der Waals surface area contributed by atoms with E-state index in [9.17, 15) is 24.0 Å².